The average Bonchev–Trinajstić information content (AvgIpc) is 3.45. The van der Waals surface area contributed by atoms with E-state index in [9.17, 15) is 13.6 Å². The first kappa shape index (κ1) is 19.7. The van der Waals surface area contributed by atoms with Gasteiger partial charge in [-0.15, -0.1) is 0 Å². The Bertz CT molecular complexity index is 752. The maximum absolute atomic E-state index is 14.7. The van der Waals surface area contributed by atoms with E-state index >= 15 is 0 Å². The molecule has 28 heavy (non-hydrogen) atoms. The third kappa shape index (κ3) is 4.04. The number of alkyl halides is 1. The zero-order valence-electron chi connectivity index (χ0n) is 17.1. The molecule has 4 aliphatic carbocycles. The quantitative estimate of drug-likeness (QED) is 0.568. The summed E-state index contributed by atoms with van der Waals surface area (Å²) in [4.78, 5) is 12.4. The van der Waals surface area contributed by atoms with E-state index in [0.29, 0.717) is 37.5 Å². The Balaban J connectivity index is 1.53. The first-order chi connectivity index (χ1) is 13.1. The van der Waals surface area contributed by atoms with E-state index in [0.717, 1.165) is 37.7 Å². The van der Waals surface area contributed by atoms with Crippen molar-refractivity contribution in [1.82, 2.24) is 0 Å². The van der Waals surface area contributed by atoms with Crippen molar-refractivity contribution in [2.45, 2.75) is 89.3 Å². The summed E-state index contributed by atoms with van der Waals surface area (Å²) in [6, 6.07) is 2.96. The monoisotopic (exact) mass is 392 g/mol. The summed E-state index contributed by atoms with van der Waals surface area (Å²) in [5.41, 5.74) is -0.771. The van der Waals surface area contributed by atoms with Crippen LogP contribution in [0.3, 0.4) is 0 Å². The van der Waals surface area contributed by atoms with Crippen molar-refractivity contribution in [1.29, 1.82) is 0 Å². The highest BCUT2D eigenvalue weighted by molar-refractivity contribution is 5.90. The molecule has 0 aromatic heterocycles. The molecule has 2 bridgehead atoms. The van der Waals surface area contributed by atoms with Crippen LogP contribution < -0.4 is 4.74 Å². The van der Waals surface area contributed by atoms with Gasteiger partial charge in [0.05, 0.1) is 12.2 Å². The van der Waals surface area contributed by atoms with Crippen LogP contribution in [0.25, 0.3) is 0 Å². The molecule has 1 aromatic rings. The third-order valence-corrected chi connectivity index (χ3v) is 6.58. The van der Waals surface area contributed by atoms with Gasteiger partial charge < -0.3 is 9.47 Å². The van der Waals surface area contributed by atoms with E-state index in [2.05, 4.69) is 0 Å². The molecule has 0 spiro atoms. The fourth-order valence-corrected chi connectivity index (χ4v) is 4.56. The summed E-state index contributed by atoms with van der Waals surface area (Å²) in [6.07, 6.45) is 6.37. The zero-order valence-corrected chi connectivity index (χ0v) is 17.1. The Morgan fingerprint density at radius 1 is 1.11 bits per heavy atom. The number of rotatable bonds is 5. The van der Waals surface area contributed by atoms with Crippen LogP contribution in [0.5, 0.6) is 5.75 Å². The molecule has 4 fully saturated rings. The van der Waals surface area contributed by atoms with Gasteiger partial charge in [-0.2, -0.15) is 0 Å². The fourth-order valence-electron chi connectivity index (χ4n) is 4.56. The number of halogens is 2. The molecular formula is C23H30F2O3. The molecule has 5 rings (SSSR count). The number of benzene rings is 1. The van der Waals surface area contributed by atoms with E-state index in [1.165, 1.54) is 6.07 Å². The highest BCUT2D eigenvalue weighted by atomic mass is 19.1. The lowest BCUT2D eigenvalue weighted by Gasteiger charge is -2.49. The molecule has 0 N–H and O–H groups in total. The van der Waals surface area contributed by atoms with E-state index < -0.39 is 23.1 Å². The van der Waals surface area contributed by atoms with E-state index in [-0.39, 0.29) is 11.0 Å². The van der Waals surface area contributed by atoms with Gasteiger partial charge in [0.25, 0.3) is 0 Å². The molecule has 0 saturated heterocycles. The summed E-state index contributed by atoms with van der Waals surface area (Å²) in [7, 11) is 0. The predicted octanol–water partition coefficient (Wildman–Crippen LogP) is 6.10. The molecule has 5 heteroatoms. The van der Waals surface area contributed by atoms with E-state index in [1.807, 2.05) is 0 Å². The molecule has 0 amide bonds. The number of fused-ring (bicyclic) bond motifs is 3. The molecule has 154 valence electrons. The summed E-state index contributed by atoms with van der Waals surface area (Å²) in [6.45, 7) is 5.79. The second-order valence-corrected chi connectivity index (χ2v) is 10.1. The van der Waals surface area contributed by atoms with Crippen molar-refractivity contribution in [3.05, 3.63) is 29.1 Å². The summed E-state index contributed by atoms with van der Waals surface area (Å²) in [5.74, 6) is -0.410. The summed E-state index contributed by atoms with van der Waals surface area (Å²) < 4.78 is 40.6. The first-order valence-corrected chi connectivity index (χ1v) is 10.5. The molecule has 4 saturated carbocycles. The van der Waals surface area contributed by atoms with Crippen LogP contribution in [0.1, 0.15) is 94.0 Å². The van der Waals surface area contributed by atoms with Gasteiger partial charge >= 0.3 is 5.97 Å². The molecule has 0 radical (unpaired) electrons. The van der Waals surface area contributed by atoms with Crippen molar-refractivity contribution < 1.29 is 23.0 Å². The normalized spacial score (nSPS) is 29.6. The van der Waals surface area contributed by atoms with Crippen molar-refractivity contribution >= 4 is 5.97 Å². The lowest BCUT2D eigenvalue weighted by molar-refractivity contribution is -0.0548. The molecule has 0 atom stereocenters. The number of carbonyl (C=O) groups is 1. The van der Waals surface area contributed by atoms with Crippen LogP contribution in [-0.4, -0.2) is 23.8 Å². The minimum atomic E-state index is -0.970. The Morgan fingerprint density at radius 2 is 1.71 bits per heavy atom. The van der Waals surface area contributed by atoms with Crippen LogP contribution in [0.2, 0.25) is 0 Å². The molecule has 3 nitrogen and oxygen atoms in total. The highest BCUT2D eigenvalue weighted by Crippen LogP contribution is 2.54. The predicted molar refractivity (Wildman–Crippen MR) is 103 cm³/mol. The van der Waals surface area contributed by atoms with Crippen LogP contribution in [0, 0.1) is 11.2 Å². The largest absolute Gasteiger partial charge is 0.493 e. The van der Waals surface area contributed by atoms with Gasteiger partial charge in [-0.3, -0.25) is 0 Å². The van der Waals surface area contributed by atoms with Crippen LogP contribution in [0.4, 0.5) is 8.78 Å². The highest BCUT2D eigenvalue weighted by Gasteiger charge is 2.49. The Labute approximate surface area is 165 Å². The maximum atomic E-state index is 14.7. The van der Waals surface area contributed by atoms with Gasteiger partial charge in [-0.1, -0.05) is 0 Å². The lowest BCUT2D eigenvalue weighted by atomic mass is 9.60. The van der Waals surface area contributed by atoms with Gasteiger partial charge in [-0.05, 0) is 89.7 Å². The number of carbonyl (C=O) groups excluding carboxylic acids is 1. The van der Waals surface area contributed by atoms with E-state index in [1.54, 1.807) is 26.8 Å². The Hall–Kier alpha value is -1.65. The van der Waals surface area contributed by atoms with Gasteiger partial charge in [-0.25, -0.2) is 13.6 Å². The molecular weight excluding hydrogens is 362 g/mol. The Morgan fingerprint density at radius 3 is 2.25 bits per heavy atom. The van der Waals surface area contributed by atoms with Gasteiger partial charge in [0.1, 0.15) is 22.8 Å². The average molecular weight is 392 g/mol. The number of ether oxygens (including phenoxy) is 2. The Kier molecular flexibility index (Phi) is 4.71. The van der Waals surface area contributed by atoms with Crippen LogP contribution >= 0.6 is 0 Å². The van der Waals surface area contributed by atoms with Crippen molar-refractivity contribution in [2.75, 3.05) is 6.61 Å². The van der Waals surface area contributed by atoms with Crippen molar-refractivity contribution in [2.24, 2.45) is 5.41 Å². The van der Waals surface area contributed by atoms with Crippen molar-refractivity contribution in [3.63, 3.8) is 0 Å². The van der Waals surface area contributed by atoms with Gasteiger partial charge in [0.15, 0.2) is 0 Å². The second kappa shape index (κ2) is 6.70. The minimum absolute atomic E-state index is 0.00890. The number of hydrogen-bond acceptors (Lipinski definition) is 3. The van der Waals surface area contributed by atoms with Crippen LogP contribution in [0.15, 0.2) is 12.1 Å². The fraction of sp³-hybridized carbons (Fsp3) is 0.696. The lowest BCUT2D eigenvalue weighted by Crippen LogP contribution is -2.46. The molecule has 0 unspecified atom stereocenters. The van der Waals surface area contributed by atoms with Crippen LogP contribution in [-0.2, 0) is 4.74 Å². The van der Waals surface area contributed by atoms with Gasteiger partial charge in [0, 0.05) is 11.5 Å². The second-order valence-electron chi connectivity index (χ2n) is 10.1. The molecule has 0 aliphatic heterocycles. The van der Waals surface area contributed by atoms with Gasteiger partial charge in [0.2, 0.25) is 0 Å². The number of esters is 1. The zero-order chi connectivity index (χ0) is 20.2. The smallest absolute Gasteiger partial charge is 0.341 e. The first-order valence-electron chi connectivity index (χ1n) is 10.5. The molecule has 1 aromatic carbocycles. The van der Waals surface area contributed by atoms with Crippen molar-refractivity contribution in [3.8, 4) is 5.75 Å². The number of hydrogen-bond donors (Lipinski definition) is 0. The molecule has 0 heterocycles. The molecule has 4 aliphatic rings. The third-order valence-electron chi connectivity index (χ3n) is 6.58. The van der Waals surface area contributed by atoms with E-state index in [4.69, 9.17) is 9.47 Å². The topological polar surface area (TPSA) is 35.5 Å². The maximum Gasteiger partial charge on any atom is 0.341 e. The standard InChI is InChI=1S/C23H30F2O3/c1-21(2,3)28-20(26)17-12-16(15-4-5-15)19(13-18(17)24)27-14-22-6-9-23(25,10-7-22)11-8-22/h12-13,15H,4-11,14H2,1-3H3. The summed E-state index contributed by atoms with van der Waals surface area (Å²) >= 11 is 0. The minimum Gasteiger partial charge on any atom is -0.493 e. The SMILES string of the molecule is CC(C)(C)OC(=O)c1cc(C2CC2)c(OCC23CCC(F)(CC2)CC3)cc1F. The summed E-state index contributed by atoms with van der Waals surface area (Å²) in [5, 5.41) is 0.